The number of carbonyl (C=O) groups excluding carboxylic acids is 1. The Balaban J connectivity index is 1.95. The highest BCUT2D eigenvalue weighted by Crippen LogP contribution is 2.29. The Morgan fingerprint density at radius 3 is 2.68 bits per heavy atom. The van der Waals surface area contributed by atoms with Crippen LogP contribution in [0, 0.1) is 5.92 Å². The molecule has 2 atom stereocenters. The number of alkyl halides is 3. The van der Waals surface area contributed by atoms with Crippen LogP contribution in [-0.4, -0.2) is 24.7 Å². The second-order valence-electron chi connectivity index (χ2n) is 5.51. The summed E-state index contributed by atoms with van der Waals surface area (Å²) in [4.78, 5) is 12.0. The van der Waals surface area contributed by atoms with Crippen LogP contribution in [0.4, 0.5) is 18.9 Å². The molecular formula is C15H19F3N2O2. The van der Waals surface area contributed by atoms with Crippen molar-refractivity contribution < 1.29 is 22.7 Å². The number of benzene rings is 1. The zero-order valence-corrected chi connectivity index (χ0v) is 12.0. The molecule has 2 rings (SSSR count). The molecule has 22 heavy (non-hydrogen) atoms. The minimum absolute atomic E-state index is 0.00361. The van der Waals surface area contributed by atoms with Crippen molar-refractivity contribution in [2.75, 3.05) is 11.9 Å². The predicted octanol–water partition coefficient (Wildman–Crippen LogP) is 3.08. The summed E-state index contributed by atoms with van der Waals surface area (Å²) in [5.74, 6) is -0.127. The quantitative estimate of drug-likeness (QED) is 0.877. The Hall–Kier alpha value is -1.76. The van der Waals surface area contributed by atoms with Gasteiger partial charge in [-0.3, -0.25) is 4.79 Å². The molecule has 0 aromatic heterocycles. The second kappa shape index (κ2) is 7.00. The number of amides is 1. The number of hydrogen-bond acceptors (Lipinski definition) is 3. The summed E-state index contributed by atoms with van der Waals surface area (Å²) in [5, 5.41) is 2.61. The summed E-state index contributed by atoms with van der Waals surface area (Å²) in [7, 11) is 0. The van der Waals surface area contributed by atoms with Crippen LogP contribution in [0.25, 0.3) is 0 Å². The Bertz CT molecular complexity index is 520. The van der Waals surface area contributed by atoms with Gasteiger partial charge in [-0.15, -0.1) is 0 Å². The van der Waals surface area contributed by atoms with E-state index in [1.807, 2.05) is 0 Å². The largest absolute Gasteiger partial charge is 0.482 e. The van der Waals surface area contributed by atoms with Crippen LogP contribution in [0.5, 0.6) is 5.75 Å². The van der Waals surface area contributed by atoms with Gasteiger partial charge in [-0.05, 0) is 30.9 Å². The van der Waals surface area contributed by atoms with Crippen molar-refractivity contribution >= 4 is 11.6 Å². The molecule has 1 fully saturated rings. The molecule has 0 radical (unpaired) electrons. The van der Waals surface area contributed by atoms with E-state index in [9.17, 15) is 18.0 Å². The predicted molar refractivity (Wildman–Crippen MR) is 76.6 cm³/mol. The van der Waals surface area contributed by atoms with E-state index in [0.29, 0.717) is 0 Å². The van der Waals surface area contributed by atoms with Gasteiger partial charge in [-0.25, -0.2) is 0 Å². The van der Waals surface area contributed by atoms with Gasteiger partial charge in [0.2, 0.25) is 5.91 Å². The first-order valence-electron chi connectivity index (χ1n) is 7.19. The average Bonchev–Trinajstić information content (AvgIpc) is 2.82. The van der Waals surface area contributed by atoms with Crippen molar-refractivity contribution in [3.63, 3.8) is 0 Å². The van der Waals surface area contributed by atoms with E-state index in [0.717, 1.165) is 19.3 Å². The van der Waals surface area contributed by atoms with E-state index >= 15 is 0 Å². The van der Waals surface area contributed by atoms with Crippen molar-refractivity contribution in [2.45, 2.75) is 37.9 Å². The molecule has 1 aromatic rings. The number of halogens is 3. The summed E-state index contributed by atoms with van der Waals surface area (Å²) in [5.41, 5.74) is 6.16. The maximum absolute atomic E-state index is 12.2. The van der Waals surface area contributed by atoms with Crippen LogP contribution < -0.4 is 15.8 Å². The molecule has 0 spiro atoms. The summed E-state index contributed by atoms with van der Waals surface area (Å²) in [6.45, 7) is -1.40. The van der Waals surface area contributed by atoms with E-state index in [2.05, 4.69) is 5.32 Å². The SMILES string of the molecule is N[C@@H]1CCC[C@H]1CC(=O)Nc1ccccc1OCC(F)(F)F. The number of ether oxygens (including phenoxy) is 1. The number of carbonyl (C=O) groups is 1. The smallest absolute Gasteiger partial charge is 0.422 e. The van der Waals surface area contributed by atoms with Gasteiger partial charge in [0.1, 0.15) is 5.75 Å². The molecule has 0 unspecified atom stereocenters. The van der Waals surface area contributed by atoms with E-state index in [1.54, 1.807) is 12.1 Å². The standard InChI is InChI=1S/C15H19F3N2O2/c16-15(17,18)9-22-13-7-2-1-6-12(13)20-14(21)8-10-4-3-5-11(10)19/h1-2,6-7,10-11H,3-5,8-9,19H2,(H,20,21)/t10-,11+/m0/s1. The van der Waals surface area contributed by atoms with Crippen LogP contribution in [0.2, 0.25) is 0 Å². The first-order valence-corrected chi connectivity index (χ1v) is 7.19. The van der Waals surface area contributed by atoms with Gasteiger partial charge in [-0.2, -0.15) is 13.2 Å². The van der Waals surface area contributed by atoms with Gasteiger partial charge in [0.05, 0.1) is 5.69 Å². The minimum atomic E-state index is -4.42. The minimum Gasteiger partial charge on any atom is -0.482 e. The lowest BCUT2D eigenvalue weighted by Crippen LogP contribution is -2.28. The molecule has 1 saturated carbocycles. The monoisotopic (exact) mass is 316 g/mol. The molecule has 0 bridgehead atoms. The summed E-state index contributed by atoms with van der Waals surface area (Å²) in [6, 6.07) is 6.09. The van der Waals surface area contributed by atoms with Crippen LogP contribution in [0.15, 0.2) is 24.3 Å². The van der Waals surface area contributed by atoms with Crippen molar-refractivity contribution in [1.29, 1.82) is 0 Å². The Labute approximate surface area is 126 Å². The Kier molecular flexibility index (Phi) is 5.28. The molecule has 1 aliphatic carbocycles. The maximum Gasteiger partial charge on any atom is 0.422 e. The van der Waals surface area contributed by atoms with Crippen molar-refractivity contribution in [3.8, 4) is 5.75 Å². The summed E-state index contributed by atoms with van der Waals surface area (Å²) >= 11 is 0. The zero-order chi connectivity index (χ0) is 16.2. The van der Waals surface area contributed by atoms with E-state index < -0.39 is 12.8 Å². The molecule has 4 nitrogen and oxygen atoms in total. The van der Waals surface area contributed by atoms with Crippen molar-refractivity contribution in [1.82, 2.24) is 0 Å². The number of anilines is 1. The maximum atomic E-state index is 12.2. The lowest BCUT2D eigenvalue weighted by molar-refractivity contribution is -0.153. The molecule has 0 heterocycles. The van der Waals surface area contributed by atoms with E-state index in [4.69, 9.17) is 10.5 Å². The van der Waals surface area contributed by atoms with Gasteiger partial charge in [0.15, 0.2) is 6.61 Å². The number of para-hydroxylation sites is 2. The van der Waals surface area contributed by atoms with Crippen LogP contribution in [0.3, 0.4) is 0 Å². The molecule has 122 valence electrons. The molecule has 0 aliphatic heterocycles. The molecule has 3 N–H and O–H groups in total. The third-order valence-electron chi connectivity index (χ3n) is 3.72. The zero-order valence-electron chi connectivity index (χ0n) is 12.0. The highest BCUT2D eigenvalue weighted by molar-refractivity contribution is 5.92. The third kappa shape index (κ3) is 4.91. The highest BCUT2D eigenvalue weighted by Gasteiger charge is 2.29. The molecule has 1 aromatic carbocycles. The first-order chi connectivity index (χ1) is 10.3. The van der Waals surface area contributed by atoms with Gasteiger partial charge in [0, 0.05) is 12.5 Å². The lowest BCUT2D eigenvalue weighted by atomic mass is 10.00. The van der Waals surface area contributed by atoms with E-state index in [1.165, 1.54) is 12.1 Å². The Morgan fingerprint density at radius 1 is 1.32 bits per heavy atom. The van der Waals surface area contributed by atoms with Crippen LogP contribution >= 0.6 is 0 Å². The molecule has 0 saturated heterocycles. The van der Waals surface area contributed by atoms with Crippen molar-refractivity contribution in [3.05, 3.63) is 24.3 Å². The fourth-order valence-corrected chi connectivity index (χ4v) is 2.61. The normalized spacial score (nSPS) is 21.6. The first kappa shape index (κ1) is 16.6. The summed E-state index contributed by atoms with van der Waals surface area (Å²) in [6.07, 6.45) is -1.34. The topological polar surface area (TPSA) is 64.4 Å². The van der Waals surface area contributed by atoms with Gasteiger partial charge in [-0.1, -0.05) is 18.6 Å². The van der Waals surface area contributed by atoms with Gasteiger partial charge in [0.25, 0.3) is 0 Å². The highest BCUT2D eigenvalue weighted by atomic mass is 19.4. The molecule has 7 heteroatoms. The second-order valence-corrected chi connectivity index (χ2v) is 5.51. The molecule has 1 amide bonds. The number of nitrogens with two attached hydrogens (primary N) is 1. The van der Waals surface area contributed by atoms with E-state index in [-0.39, 0.29) is 35.7 Å². The number of hydrogen-bond donors (Lipinski definition) is 2. The fraction of sp³-hybridized carbons (Fsp3) is 0.533. The van der Waals surface area contributed by atoms with Crippen molar-refractivity contribution in [2.24, 2.45) is 11.7 Å². The average molecular weight is 316 g/mol. The molecule has 1 aliphatic rings. The number of nitrogens with one attached hydrogen (secondary N) is 1. The fourth-order valence-electron chi connectivity index (χ4n) is 2.61. The lowest BCUT2D eigenvalue weighted by Gasteiger charge is -2.16. The molecular weight excluding hydrogens is 297 g/mol. The number of rotatable bonds is 5. The summed E-state index contributed by atoms with van der Waals surface area (Å²) < 4.78 is 41.4. The Morgan fingerprint density at radius 2 is 2.05 bits per heavy atom. The van der Waals surface area contributed by atoms with Crippen LogP contribution in [-0.2, 0) is 4.79 Å². The van der Waals surface area contributed by atoms with Crippen LogP contribution in [0.1, 0.15) is 25.7 Å². The van der Waals surface area contributed by atoms with Gasteiger partial charge >= 0.3 is 6.18 Å². The third-order valence-corrected chi connectivity index (χ3v) is 3.72. The van der Waals surface area contributed by atoms with Gasteiger partial charge < -0.3 is 15.8 Å².